The maximum absolute atomic E-state index is 6.45. The van der Waals surface area contributed by atoms with E-state index in [-0.39, 0.29) is 0 Å². The van der Waals surface area contributed by atoms with Crippen LogP contribution >= 0.6 is 0 Å². The molecule has 0 saturated carbocycles. The first-order chi connectivity index (χ1) is 23.3. The first-order valence-corrected chi connectivity index (χ1v) is 21.2. The SMILES string of the molecule is CCCCCCCCCCCCCCCCCc1cccc(Oc2ccccc2)c1CCCCCCCCCCCCCCCCC. The molecule has 0 aliphatic rings. The van der Waals surface area contributed by atoms with Gasteiger partial charge in [-0.2, -0.15) is 0 Å². The van der Waals surface area contributed by atoms with Crippen LogP contribution in [0.4, 0.5) is 0 Å². The number of benzene rings is 2. The summed E-state index contributed by atoms with van der Waals surface area (Å²) in [7, 11) is 0. The lowest BCUT2D eigenvalue weighted by Gasteiger charge is -2.16. The van der Waals surface area contributed by atoms with Crippen molar-refractivity contribution in [2.45, 2.75) is 219 Å². The van der Waals surface area contributed by atoms with Crippen molar-refractivity contribution in [2.24, 2.45) is 0 Å². The highest BCUT2D eigenvalue weighted by molar-refractivity contribution is 5.43. The lowest BCUT2D eigenvalue weighted by Crippen LogP contribution is -1.99. The van der Waals surface area contributed by atoms with E-state index in [1.807, 2.05) is 0 Å². The van der Waals surface area contributed by atoms with Crippen LogP contribution in [0, 0.1) is 0 Å². The van der Waals surface area contributed by atoms with Crippen LogP contribution in [0.1, 0.15) is 218 Å². The molecule has 0 amide bonds. The smallest absolute Gasteiger partial charge is 0.130 e. The standard InChI is InChI=1S/C46H78O/c1-3-5-7-9-11-13-15-17-19-21-23-25-27-29-32-37-43-38-36-42-46(47-44-39-33-31-34-40-44)45(43)41-35-30-28-26-24-22-20-18-16-14-12-10-8-6-4-2/h31,33-34,36,38-40,42H,3-30,32,35,37,41H2,1-2H3. The van der Waals surface area contributed by atoms with Crippen molar-refractivity contribution >= 4 is 0 Å². The quantitative estimate of drug-likeness (QED) is 0.0687. The lowest BCUT2D eigenvalue weighted by molar-refractivity contribution is 0.472. The molecular formula is C46H78O. The number of hydrogen-bond donors (Lipinski definition) is 0. The molecule has 0 fully saturated rings. The topological polar surface area (TPSA) is 9.23 Å². The van der Waals surface area contributed by atoms with Crippen molar-refractivity contribution < 1.29 is 4.74 Å². The lowest BCUT2D eigenvalue weighted by atomic mass is 9.95. The average molecular weight is 647 g/mol. The third-order valence-electron chi connectivity index (χ3n) is 10.3. The molecule has 0 aliphatic carbocycles. The molecule has 2 rings (SSSR count). The summed E-state index contributed by atoms with van der Waals surface area (Å²) in [5.74, 6) is 2.04. The van der Waals surface area contributed by atoms with Gasteiger partial charge in [0.05, 0.1) is 0 Å². The summed E-state index contributed by atoms with van der Waals surface area (Å²) in [5, 5.41) is 0. The zero-order valence-electron chi connectivity index (χ0n) is 31.7. The highest BCUT2D eigenvalue weighted by Gasteiger charge is 2.11. The van der Waals surface area contributed by atoms with Crippen molar-refractivity contribution in [2.75, 3.05) is 0 Å². The fraction of sp³-hybridized carbons (Fsp3) is 0.739. The largest absolute Gasteiger partial charge is 0.457 e. The molecule has 0 radical (unpaired) electrons. The van der Waals surface area contributed by atoms with Crippen LogP contribution in [0.25, 0.3) is 0 Å². The number of para-hydroxylation sites is 1. The van der Waals surface area contributed by atoms with Crippen LogP contribution in [0.3, 0.4) is 0 Å². The Morgan fingerprint density at radius 1 is 0.340 bits per heavy atom. The molecule has 0 unspecified atom stereocenters. The molecule has 1 nitrogen and oxygen atoms in total. The third-order valence-corrected chi connectivity index (χ3v) is 10.3. The minimum absolute atomic E-state index is 0.953. The Kier molecular flexibility index (Phi) is 27.8. The Balaban J connectivity index is 1.61. The Morgan fingerprint density at radius 2 is 0.702 bits per heavy atom. The van der Waals surface area contributed by atoms with Gasteiger partial charge in [0.1, 0.15) is 11.5 Å². The Bertz CT molecular complexity index is 918. The zero-order valence-corrected chi connectivity index (χ0v) is 31.7. The molecule has 0 spiro atoms. The van der Waals surface area contributed by atoms with Gasteiger partial charge >= 0.3 is 0 Å². The van der Waals surface area contributed by atoms with E-state index in [0.717, 1.165) is 17.9 Å². The summed E-state index contributed by atoms with van der Waals surface area (Å²) in [6, 6.07) is 17.2. The maximum Gasteiger partial charge on any atom is 0.130 e. The van der Waals surface area contributed by atoms with Crippen LogP contribution in [0.2, 0.25) is 0 Å². The molecule has 47 heavy (non-hydrogen) atoms. The van der Waals surface area contributed by atoms with Gasteiger partial charge in [-0.15, -0.1) is 0 Å². The van der Waals surface area contributed by atoms with Crippen molar-refractivity contribution in [3.05, 3.63) is 59.7 Å². The predicted octanol–water partition coefficient (Wildman–Crippen LogP) is 16.3. The normalized spacial score (nSPS) is 11.4. The summed E-state index contributed by atoms with van der Waals surface area (Å²) >= 11 is 0. The summed E-state index contributed by atoms with van der Waals surface area (Å²) in [4.78, 5) is 0. The minimum atomic E-state index is 0.953. The van der Waals surface area contributed by atoms with Gasteiger partial charge in [0.15, 0.2) is 0 Å². The third kappa shape index (κ3) is 23.3. The fourth-order valence-corrected chi connectivity index (χ4v) is 7.20. The van der Waals surface area contributed by atoms with Gasteiger partial charge in [-0.1, -0.05) is 224 Å². The van der Waals surface area contributed by atoms with E-state index in [9.17, 15) is 0 Å². The molecule has 1 heteroatoms. The van der Waals surface area contributed by atoms with Gasteiger partial charge in [0.2, 0.25) is 0 Å². The second-order valence-electron chi connectivity index (χ2n) is 14.7. The van der Waals surface area contributed by atoms with Gasteiger partial charge in [-0.05, 0) is 55.0 Å². The number of hydrogen-bond acceptors (Lipinski definition) is 1. The fourth-order valence-electron chi connectivity index (χ4n) is 7.20. The van der Waals surface area contributed by atoms with Gasteiger partial charge < -0.3 is 4.74 Å². The molecule has 0 heterocycles. The molecular weight excluding hydrogens is 569 g/mol. The monoisotopic (exact) mass is 647 g/mol. The Labute approximate surface area is 294 Å². The Hall–Kier alpha value is -1.76. The van der Waals surface area contributed by atoms with Crippen molar-refractivity contribution in [3.8, 4) is 11.5 Å². The van der Waals surface area contributed by atoms with Gasteiger partial charge in [0.25, 0.3) is 0 Å². The molecule has 2 aromatic carbocycles. The van der Waals surface area contributed by atoms with Crippen molar-refractivity contribution in [3.63, 3.8) is 0 Å². The van der Waals surface area contributed by atoms with Crippen LogP contribution in [-0.4, -0.2) is 0 Å². The molecule has 0 aliphatic heterocycles. The van der Waals surface area contributed by atoms with Crippen LogP contribution in [-0.2, 0) is 12.8 Å². The van der Waals surface area contributed by atoms with Gasteiger partial charge in [-0.3, -0.25) is 0 Å². The second-order valence-corrected chi connectivity index (χ2v) is 14.7. The Morgan fingerprint density at radius 3 is 1.11 bits per heavy atom. The number of aryl methyl sites for hydroxylation is 1. The summed E-state index contributed by atoms with van der Waals surface area (Å²) in [6.45, 7) is 4.61. The second kappa shape index (κ2) is 31.5. The highest BCUT2D eigenvalue weighted by Crippen LogP contribution is 2.31. The van der Waals surface area contributed by atoms with Crippen molar-refractivity contribution in [1.29, 1.82) is 0 Å². The minimum Gasteiger partial charge on any atom is -0.457 e. The zero-order chi connectivity index (χ0) is 33.3. The molecule has 0 aromatic heterocycles. The molecule has 268 valence electrons. The van der Waals surface area contributed by atoms with Gasteiger partial charge in [0, 0.05) is 0 Å². The molecule has 0 saturated heterocycles. The molecule has 2 aromatic rings. The summed E-state index contributed by atoms with van der Waals surface area (Å²) in [6.07, 6.45) is 44.9. The highest BCUT2D eigenvalue weighted by atomic mass is 16.5. The van der Waals surface area contributed by atoms with E-state index in [1.165, 1.54) is 210 Å². The van der Waals surface area contributed by atoms with E-state index in [0.29, 0.717) is 0 Å². The first kappa shape index (κ1) is 41.4. The van der Waals surface area contributed by atoms with Crippen molar-refractivity contribution in [1.82, 2.24) is 0 Å². The van der Waals surface area contributed by atoms with Crippen LogP contribution in [0.5, 0.6) is 11.5 Å². The average Bonchev–Trinajstić information content (AvgIpc) is 3.09. The van der Waals surface area contributed by atoms with E-state index < -0.39 is 0 Å². The van der Waals surface area contributed by atoms with E-state index in [1.54, 1.807) is 0 Å². The van der Waals surface area contributed by atoms with E-state index >= 15 is 0 Å². The number of rotatable bonds is 34. The molecule has 0 N–H and O–H groups in total. The summed E-state index contributed by atoms with van der Waals surface area (Å²) < 4.78 is 6.45. The van der Waals surface area contributed by atoms with Crippen LogP contribution in [0.15, 0.2) is 48.5 Å². The first-order valence-electron chi connectivity index (χ1n) is 21.2. The maximum atomic E-state index is 6.45. The summed E-state index contributed by atoms with van der Waals surface area (Å²) in [5.41, 5.74) is 3.00. The number of ether oxygens (including phenoxy) is 1. The van der Waals surface area contributed by atoms with Crippen LogP contribution < -0.4 is 4.74 Å². The molecule has 0 atom stereocenters. The van der Waals surface area contributed by atoms with Gasteiger partial charge in [-0.25, -0.2) is 0 Å². The predicted molar refractivity (Wildman–Crippen MR) is 210 cm³/mol. The number of unbranched alkanes of at least 4 members (excludes halogenated alkanes) is 28. The van der Waals surface area contributed by atoms with E-state index in [2.05, 4.69) is 62.4 Å². The van der Waals surface area contributed by atoms with E-state index in [4.69, 9.17) is 4.74 Å². The molecule has 0 bridgehead atoms.